The summed E-state index contributed by atoms with van der Waals surface area (Å²) in [6.07, 6.45) is 0. The van der Waals surface area contributed by atoms with Crippen LogP contribution in [0.3, 0.4) is 0 Å². The van der Waals surface area contributed by atoms with E-state index in [4.69, 9.17) is 10.00 Å². The molecule has 20 heavy (non-hydrogen) atoms. The third-order valence-electron chi connectivity index (χ3n) is 3.34. The number of nitrogens with zero attached hydrogens (tertiary/aromatic N) is 1. The third-order valence-corrected chi connectivity index (χ3v) is 5.07. The fourth-order valence-corrected chi connectivity index (χ4v) is 3.20. The Morgan fingerprint density at radius 2 is 2.00 bits per heavy atom. The summed E-state index contributed by atoms with van der Waals surface area (Å²) in [6.45, 7) is 4.73. The van der Waals surface area contributed by atoms with Gasteiger partial charge in [-0.05, 0) is 24.3 Å². The first-order valence-corrected chi connectivity index (χ1v) is 8.12. The van der Waals surface area contributed by atoms with Gasteiger partial charge >= 0.3 is 0 Å². The zero-order valence-electron chi connectivity index (χ0n) is 11.4. The molecule has 2 rings (SSSR count). The van der Waals surface area contributed by atoms with E-state index in [2.05, 4.69) is 12.2 Å². The number of ether oxygens (including phenoxy) is 1. The Morgan fingerprint density at radius 1 is 1.35 bits per heavy atom. The molecule has 1 aliphatic heterocycles. The zero-order chi connectivity index (χ0) is 14.6. The first-order chi connectivity index (χ1) is 9.45. The number of rotatable bonds is 6. The van der Waals surface area contributed by atoms with Crippen LogP contribution in [0.5, 0.6) is 0 Å². The van der Waals surface area contributed by atoms with Gasteiger partial charge in [0.25, 0.3) is 0 Å². The van der Waals surface area contributed by atoms with E-state index in [1.54, 1.807) is 0 Å². The van der Waals surface area contributed by atoms with Gasteiger partial charge in [-0.2, -0.15) is 5.26 Å². The molecule has 6 heteroatoms. The number of nitrogens with one attached hydrogen (secondary N) is 1. The molecular formula is C14H18N2O3S. The summed E-state index contributed by atoms with van der Waals surface area (Å²) in [5.74, 6) is 0.0514. The standard InChI is InChI=1S/C14H18N2O3S/c1-14(10-19-11-14)9-16-6-7-20(17,18)13-4-2-12(8-15)3-5-13/h2-5,16H,6-7,9-11H2,1H3. The molecule has 1 saturated heterocycles. The van der Waals surface area contributed by atoms with E-state index in [0.29, 0.717) is 12.1 Å². The van der Waals surface area contributed by atoms with Crippen LogP contribution in [0.1, 0.15) is 12.5 Å². The van der Waals surface area contributed by atoms with Crippen LogP contribution >= 0.6 is 0 Å². The molecular weight excluding hydrogens is 276 g/mol. The number of benzene rings is 1. The van der Waals surface area contributed by atoms with Crippen molar-refractivity contribution in [1.29, 1.82) is 5.26 Å². The van der Waals surface area contributed by atoms with Gasteiger partial charge in [0.15, 0.2) is 9.84 Å². The van der Waals surface area contributed by atoms with Crippen molar-refractivity contribution in [3.63, 3.8) is 0 Å². The highest BCUT2D eigenvalue weighted by Gasteiger charge is 2.32. The maximum Gasteiger partial charge on any atom is 0.179 e. The van der Waals surface area contributed by atoms with Crippen LogP contribution in [0.4, 0.5) is 0 Å². The highest BCUT2D eigenvalue weighted by molar-refractivity contribution is 7.91. The van der Waals surface area contributed by atoms with Gasteiger partial charge in [-0.3, -0.25) is 0 Å². The SMILES string of the molecule is CC1(CNCCS(=O)(=O)c2ccc(C#N)cc2)COC1. The summed E-state index contributed by atoms with van der Waals surface area (Å²) in [7, 11) is -3.29. The molecule has 0 radical (unpaired) electrons. The number of hydrogen-bond acceptors (Lipinski definition) is 5. The van der Waals surface area contributed by atoms with E-state index in [-0.39, 0.29) is 16.1 Å². The second-order valence-corrected chi connectivity index (χ2v) is 7.54. The zero-order valence-corrected chi connectivity index (χ0v) is 12.2. The second-order valence-electron chi connectivity index (χ2n) is 5.44. The molecule has 1 aliphatic rings. The van der Waals surface area contributed by atoms with Gasteiger partial charge < -0.3 is 10.1 Å². The fourth-order valence-electron chi connectivity index (χ4n) is 2.00. The van der Waals surface area contributed by atoms with E-state index in [1.165, 1.54) is 24.3 Å². The molecule has 0 unspecified atom stereocenters. The predicted molar refractivity (Wildman–Crippen MR) is 75.0 cm³/mol. The van der Waals surface area contributed by atoms with Crippen molar-refractivity contribution in [1.82, 2.24) is 5.32 Å². The lowest BCUT2D eigenvalue weighted by molar-refractivity contribution is -0.0987. The molecule has 1 N–H and O–H groups in total. The first kappa shape index (κ1) is 15.0. The smallest absolute Gasteiger partial charge is 0.179 e. The molecule has 1 aromatic carbocycles. The average molecular weight is 294 g/mol. The Kier molecular flexibility index (Phi) is 4.43. The molecule has 0 saturated carbocycles. The quantitative estimate of drug-likeness (QED) is 0.791. The van der Waals surface area contributed by atoms with Crippen molar-refractivity contribution in [2.45, 2.75) is 11.8 Å². The van der Waals surface area contributed by atoms with Gasteiger partial charge in [-0.1, -0.05) is 6.92 Å². The second kappa shape index (κ2) is 5.92. The van der Waals surface area contributed by atoms with Crippen LogP contribution in [0.25, 0.3) is 0 Å². The lowest BCUT2D eigenvalue weighted by atomic mass is 9.89. The van der Waals surface area contributed by atoms with Gasteiger partial charge in [0.2, 0.25) is 0 Å². The molecule has 0 bridgehead atoms. The monoisotopic (exact) mass is 294 g/mol. The number of nitriles is 1. The van der Waals surface area contributed by atoms with Crippen LogP contribution in [0.15, 0.2) is 29.2 Å². The highest BCUT2D eigenvalue weighted by atomic mass is 32.2. The van der Waals surface area contributed by atoms with Crippen LogP contribution in [0.2, 0.25) is 0 Å². The summed E-state index contributed by atoms with van der Waals surface area (Å²) in [6, 6.07) is 7.97. The minimum atomic E-state index is -3.29. The predicted octanol–water partition coefficient (Wildman–Crippen LogP) is 0.958. The molecule has 0 aliphatic carbocycles. The minimum Gasteiger partial charge on any atom is -0.380 e. The highest BCUT2D eigenvalue weighted by Crippen LogP contribution is 2.24. The van der Waals surface area contributed by atoms with Gasteiger partial charge in [0, 0.05) is 18.5 Å². The summed E-state index contributed by atoms with van der Waals surface area (Å²) in [5, 5.41) is 11.9. The molecule has 1 aromatic rings. The first-order valence-electron chi connectivity index (χ1n) is 6.47. The van der Waals surface area contributed by atoms with Crippen LogP contribution in [0, 0.1) is 16.7 Å². The van der Waals surface area contributed by atoms with Gasteiger partial charge in [0.05, 0.1) is 35.5 Å². The maximum atomic E-state index is 12.1. The molecule has 5 nitrogen and oxygen atoms in total. The van der Waals surface area contributed by atoms with Crippen molar-refractivity contribution in [2.24, 2.45) is 5.41 Å². The van der Waals surface area contributed by atoms with Crippen molar-refractivity contribution < 1.29 is 13.2 Å². The van der Waals surface area contributed by atoms with E-state index < -0.39 is 9.84 Å². The summed E-state index contributed by atoms with van der Waals surface area (Å²) < 4.78 is 29.3. The average Bonchev–Trinajstić information content (AvgIpc) is 2.42. The Labute approximate surface area is 119 Å². The normalized spacial score (nSPS) is 17.2. The Morgan fingerprint density at radius 3 is 2.50 bits per heavy atom. The molecule has 1 heterocycles. The molecule has 0 aromatic heterocycles. The summed E-state index contributed by atoms with van der Waals surface area (Å²) in [4.78, 5) is 0.261. The molecule has 108 valence electrons. The van der Waals surface area contributed by atoms with Crippen molar-refractivity contribution in [3.8, 4) is 6.07 Å². The van der Waals surface area contributed by atoms with Gasteiger partial charge in [0.1, 0.15) is 0 Å². The molecule has 0 spiro atoms. The van der Waals surface area contributed by atoms with Gasteiger partial charge in [-0.25, -0.2) is 8.42 Å². The van der Waals surface area contributed by atoms with Crippen LogP contribution in [-0.2, 0) is 14.6 Å². The van der Waals surface area contributed by atoms with E-state index in [0.717, 1.165) is 19.8 Å². The summed E-state index contributed by atoms with van der Waals surface area (Å²) >= 11 is 0. The minimum absolute atomic E-state index is 0.0514. The number of sulfone groups is 1. The number of hydrogen-bond donors (Lipinski definition) is 1. The van der Waals surface area contributed by atoms with Crippen molar-refractivity contribution in [2.75, 3.05) is 32.1 Å². The topological polar surface area (TPSA) is 79.2 Å². The lowest BCUT2D eigenvalue weighted by Crippen LogP contribution is -2.47. The Balaban J connectivity index is 1.85. The van der Waals surface area contributed by atoms with Crippen LogP contribution < -0.4 is 5.32 Å². The van der Waals surface area contributed by atoms with Gasteiger partial charge in [-0.15, -0.1) is 0 Å². The van der Waals surface area contributed by atoms with E-state index >= 15 is 0 Å². The Hall–Kier alpha value is -1.42. The van der Waals surface area contributed by atoms with E-state index in [1.807, 2.05) is 6.07 Å². The Bertz CT molecular complexity index is 598. The lowest BCUT2D eigenvalue weighted by Gasteiger charge is -2.38. The molecule has 0 amide bonds. The van der Waals surface area contributed by atoms with Crippen molar-refractivity contribution in [3.05, 3.63) is 29.8 Å². The molecule has 0 atom stereocenters. The van der Waals surface area contributed by atoms with Crippen molar-refractivity contribution >= 4 is 9.84 Å². The summed E-state index contributed by atoms with van der Waals surface area (Å²) in [5.41, 5.74) is 0.595. The third kappa shape index (κ3) is 3.57. The molecule has 1 fully saturated rings. The fraction of sp³-hybridized carbons (Fsp3) is 0.500. The van der Waals surface area contributed by atoms with E-state index in [9.17, 15) is 8.42 Å². The maximum absolute atomic E-state index is 12.1. The largest absolute Gasteiger partial charge is 0.380 e. The van der Waals surface area contributed by atoms with Crippen LogP contribution in [-0.4, -0.2) is 40.5 Å².